The highest BCUT2D eigenvalue weighted by Gasteiger charge is 2.45. The third kappa shape index (κ3) is 2.98. The minimum Gasteiger partial charge on any atom is -0.328 e. The van der Waals surface area contributed by atoms with Gasteiger partial charge in [-0.1, -0.05) is 0 Å². The number of fused-ring (bicyclic) bond motifs is 2. The number of carbonyl (C=O) groups is 4. The molecule has 3 heterocycles. The Kier molecular flexibility index (Phi) is 4.29. The SMILES string of the molecule is NC1CCC(N2Cc3cc4c(cc3C2)C(=O)N(C2CCC(=O)NC2=O)C4=O)CC1. The Morgan fingerprint density at radius 1 is 0.862 bits per heavy atom. The van der Waals surface area contributed by atoms with Gasteiger partial charge < -0.3 is 5.73 Å². The second-order valence-corrected chi connectivity index (χ2v) is 8.59. The summed E-state index contributed by atoms with van der Waals surface area (Å²) in [5, 5.41) is 2.22. The van der Waals surface area contributed by atoms with Crippen LogP contribution in [-0.2, 0) is 22.7 Å². The molecule has 1 atom stereocenters. The number of imide groups is 2. The summed E-state index contributed by atoms with van der Waals surface area (Å²) in [5.74, 6) is -1.83. The third-order valence-electron chi connectivity index (χ3n) is 6.76. The van der Waals surface area contributed by atoms with E-state index < -0.39 is 23.8 Å². The number of benzene rings is 1. The van der Waals surface area contributed by atoms with E-state index in [1.807, 2.05) is 12.1 Å². The average molecular weight is 396 g/mol. The number of hydrogen-bond donors (Lipinski definition) is 2. The van der Waals surface area contributed by atoms with Gasteiger partial charge in [-0.15, -0.1) is 0 Å². The number of amides is 4. The zero-order valence-corrected chi connectivity index (χ0v) is 16.1. The van der Waals surface area contributed by atoms with E-state index in [1.54, 1.807) is 0 Å². The molecule has 4 amide bonds. The van der Waals surface area contributed by atoms with E-state index in [4.69, 9.17) is 5.73 Å². The molecule has 5 rings (SSSR count). The van der Waals surface area contributed by atoms with Crippen LogP contribution in [0.15, 0.2) is 12.1 Å². The molecule has 0 bridgehead atoms. The first-order chi connectivity index (χ1) is 13.9. The molecule has 29 heavy (non-hydrogen) atoms. The minimum absolute atomic E-state index is 0.125. The number of carbonyl (C=O) groups excluding carboxylic acids is 4. The molecule has 1 saturated carbocycles. The highest BCUT2D eigenvalue weighted by Crippen LogP contribution is 2.35. The lowest BCUT2D eigenvalue weighted by Gasteiger charge is -2.33. The summed E-state index contributed by atoms with van der Waals surface area (Å²) in [5.41, 5.74) is 8.90. The Balaban J connectivity index is 1.37. The monoisotopic (exact) mass is 396 g/mol. The molecule has 1 aromatic carbocycles. The highest BCUT2D eigenvalue weighted by atomic mass is 16.2. The van der Waals surface area contributed by atoms with Gasteiger partial charge in [-0.2, -0.15) is 0 Å². The maximum Gasteiger partial charge on any atom is 0.262 e. The van der Waals surface area contributed by atoms with Crippen molar-refractivity contribution in [3.63, 3.8) is 0 Å². The summed E-state index contributed by atoms with van der Waals surface area (Å²) in [6.07, 6.45) is 4.53. The number of nitrogens with zero attached hydrogens (tertiary/aromatic N) is 2. The van der Waals surface area contributed by atoms with Crippen molar-refractivity contribution in [2.45, 2.75) is 69.7 Å². The molecule has 8 nitrogen and oxygen atoms in total. The molecule has 4 aliphatic rings. The molecule has 8 heteroatoms. The summed E-state index contributed by atoms with van der Waals surface area (Å²) in [4.78, 5) is 53.0. The maximum atomic E-state index is 13.0. The molecule has 1 aromatic rings. The molecule has 1 unspecified atom stereocenters. The van der Waals surface area contributed by atoms with Crippen LogP contribution in [0.3, 0.4) is 0 Å². The van der Waals surface area contributed by atoms with Crippen molar-refractivity contribution in [2.24, 2.45) is 5.73 Å². The molecule has 2 fully saturated rings. The Morgan fingerprint density at radius 2 is 1.45 bits per heavy atom. The second kappa shape index (κ2) is 6.74. The van der Waals surface area contributed by atoms with Crippen LogP contribution in [0.2, 0.25) is 0 Å². The fraction of sp³-hybridized carbons (Fsp3) is 0.524. The Bertz CT molecular complexity index is 890. The normalized spacial score (nSPS) is 29.8. The molecule has 152 valence electrons. The topological polar surface area (TPSA) is 113 Å². The van der Waals surface area contributed by atoms with Gasteiger partial charge in [0.25, 0.3) is 11.8 Å². The van der Waals surface area contributed by atoms with Gasteiger partial charge in [0.2, 0.25) is 11.8 Å². The van der Waals surface area contributed by atoms with Crippen LogP contribution < -0.4 is 11.1 Å². The standard InChI is InChI=1S/C21H24N4O4/c22-13-1-3-14(4-2-13)24-9-11-7-15-16(8-12(11)10-24)21(29)25(20(15)28)17-5-6-18(26)23-19(17)27/h7-8,13-14,17H,1-6,9-10,22H2,(H,23,26,27). The van der Waals surface area contributed by atoms with Gasteiger partial charge in [0.1, 0.15) is 6.04 Å². The van der Waals surface area contributed by atoms with Gasteiger partial charge in [0.05, 0.1) is 11.1 Å². The molecule has 3 aliphatic heterocycles. The summed E-state index contributed by atoms with van der Waals surface area (Å²) in [6, 6.07) is 3.52. The zero-order valence-electron chi connectivity index (χ0n) is 16.1. The number of nitrogens with one attached hydrogen (secondary N) is 1. The van der Waals surface area contributed by atoms with E-state index in [0.717, 1.165) is 54.8 Å². The number of piperidine rings is 1. The lowest BCUT2D eigenvalue weighted by atomic mass is 9.91. The predicted molar refractivity (Wildman–Crippen MR) is 103 cm³/mol. The number of rotatable bonds is 2. The smallest absolute Gasteiger partial charge is 0.262 e. The van der Waals surface area contributed by atoms with E-state index in [2.05, 4.69) is 10.2 Å². The molecular formula is C21H24N4O4. The van der Waals surface area contributed by atoms with Crippen molar-refractivity contribution in [3.05, 3.63) is 34.4 Å². The van der Waals surface area contributed by atoms with Crippen LogP contribution in [0.5, 0.6) is 0 Å². The largest absolute Gasteiger partial charge is 0.328 e. The van der Waals surface area contributed by atoms with Gasteiger partial charge in [0, 0.05) is 31.6 Å². The first-order valence-corrected chi connectivity index (χ1v) is 10.3. The fourth-order valence-corrected chi connectivity index (χ4v) is 5.12. The van der Waals surface area contributed by atoms with Crippen LogP contribution in [0.1, 0.15) is 70.4 Å². The van der Waals surface area contributed by atoms with E-state index in [0.29, 0.717) is 23.2 Å². The van der Waals surface area contributed by atoms with E-state index >= 15 is 0 Å². The first kappa shape index (κ1) is 18.4. The van der Waals surface area contributed by atoms with Crippen molar-refractivity contribution in [1.29, 1.82) is 0 Å². The van der Waals surface area contributed by atoms with Gasteiger partial charge in [-0.25, -0.2) is 0 Å². The van der Waals surface area contributed by atoms with Gasteiger partial charge in [-0.05, 0) is 55.4 Å². The predicted octanol–water partition coefficient (Wildman–Crippen LogP) is 0.673. The molecule has 0 radical (unpaired) electrons. The minimum atomic E-state index is -0.919. The quantitative estimate of drug-likeness (QED) is 0.711. The van der Waals surface area contributed by atoms with Crippen molar-refractivity contribution >= 4 is 23.6 Å². The van der Waals surface area contributed by atoms with Gasteiger partial charge in [0.15, 0.2) is 0 Å². The second-order valence-electron chi connectivity index (χ2n) is 8.59. The van der Waals surface area contributed by atoms with E-state index in [-0.39, 0.29) is 18.7 Å². The van der Waals surface area contributed by atoms with Crippen LogP contribution in [-0.4, -0.2) is 51.6 Å². The van der Waals surface area contributed by atoms with E-state index in [9.17, 15) is 19.2 Å². The number of hydrogen-bond acceptors (Lipinski definition) is 6. The highest BCUT2D eigenvalue weighted by molar-refractivity contribution is 6.23. The van der Waals surface area contributed by atoms with Gasteiger partial charge >= 0.3 is 0 Å². The van der Waals surface area contributed by atoms with E-state index in [1.165, 1.54) is 0 Å². The number of nitrogens with two attached hydrogens (primary N) is 1. The third-order valence-corrected chi connectivity index (χ3v) is 6.76. The lowest BCUT2D eigenvalue weighted by molar-refractivity contribution is -0.136. The Labute approximate surface area is 168 Å². The van der Waals surface area contributed by atoms with Crippen LogP contribution in [0, 0.1) is 0 Å². The fourth-order valence-electron chi connectivity index (χ4n) is 5.12. The summed E-state index contributed by atoms with van der Waals surface area (Å²) in [7, 11) is 0. The summed E-state index contributed by atoms with van der Waals surface area (Å²) in [6.45, 7) is 1.53. The lowest BCUT2D eigenvalue weighted by Crippen LogP contribution is -2.54. The zero-order chi connectivity index (χ0) is 20.3. The molecule has 0 aromatic heterocycles. The first-order valence-electron chi connectivity index (χ1n) is 10.3. The van der Waals surface area contributed by atoms with Crippen molar-refractivity contribution in [3.8, 4) is 0 Å². The van der Waals surface area contributed by atoms with Crippen LogP contribution in [0.25, 0.3) is 0 Å². The maximum absolute atomic E-state index is 13.0. The Morgan fingerprint density at radius 3 is 2.00 bits per heavy atom. The van der Waals surface area contributed by atoms with Crippen molar-refractivity contribution < 1.29 is 19.2 Å². The van der Waals surface area contributed by atoms with Crippen molar-refractivity contribution in [2.75, 3.05) is 0 Å². The van der Waals surface area contributed by atoms with Gasteiger partial charge in [-0.3, -0.25) is 34.3 Å². The average Bonchev–Trinajstić information content (AvgIpc) is 3.21. The van der Waals surface area contributed by atoms with Crippen LogP contribution in [0.4, 0.5) is 0 Å². The summed E-state index contributed by atoms with van der Waals surface area (Å²) >= 11 is 0. The Hall–Kier alpha value is -2.58. The molecule has 1 aliphatic carbocycles. The molecular weight excluding hydrogens is 372 g/mol. The molecule has 1 saturated heterocycles. The van der Waals surface area contributed by atoms with Crippen LogP contribution >= 0.6 is 0 Å². The molecule has 3 N–H and O–H groups in total. The molecule has 0 spiro atoms. The van der Waals surface area contributed by atoms with Crippen molar-refractivity contribution in [1.82, 2.24) is 15.1 Å². The summed E-state index contributed by atoms with van der Waals surface area (Å²) < 4.78 is 0.